The molecule has 0 atom stereocenters. The van der Waals surface area contributed by atoms with Crippen molar-refractivity contribution in [2.75, 3.05) is 13.2 Å². The van der Waals surface area contributed by atoms with Gasteiger partial charge in [0.15, 0.2) is 0 Å². The van der Waals surface area contributed by atoms with E-state index in [1.54, 1.807) is 13.0 Å². The molecular formula is C19H20F3N3O3. The van der Waals surface area contributed by atoms with Crippen LogP contribution in [-0.4, -0.2) is 35.1 Å². The normalized spacial score (nSPS) is 11.9. The van der Waals surface area contributed by atoms with Crippen LogP contribution in [0.4, 0.5) is 13.2 Å². The van der Waals surface area contributed by atoms with Crippen molar-refractivity contribution in [3.63, 3.8) is 0 Å². The highest BCUT2D eigenvalue weighted by Gasteiger charge is 2.30. The maximum atomic E-state index is 13.0. The first-order valence-electron chi connectivity index (χ1n) is 8.72. The SMILES string of the molecule is CCOC(=O)CCCCO/N=C(\c1ccnnc1)c1cccc(C(F)(F)F)c1. The number of benzene rings is 1. The first-order valence-corrected chi connectivity index (χ1v) is 8.72. The Hall–Kier alpha value is -2.97. The fourth-order valence-electron chi connectivity index (χ4n) is 2.32. The highest BCUT2D eigenvalue weighted by atomic mass is 19.4. The molecule has 150 valence electrons. The molecule has 0 aliphatic heterocycles. The molecule has 9 heteroatoms. The third kappa shape index (κ3) is 6.64. The summed E-state index contributed by atoms with van der Waals surface area (Å²) in [5, 5.41) is 11.4. The van der Waals surface area contributed by atoms with Crippen LogP contribution in [-0.2, 0) is 20.5 Å². The van der Waals surface area contributed by atoms with Crippen LogP contribution in [0.2, 0.25) is 0 Å². The van der Waals surface area contributed by atoms with Gasteiger partial charge in [0.2, 0.25) is 0 Å². The molecule has 28 heavy (non-hydrogen) atoms. The minimum atomic E-state index is -4.47. The molecule has 0 fully saturated rings. The predicted molar refractivity (Wildman–Crippen MR) is 95.6 cm³/mol. The molecule has 0 saturated heterocycles. The van der Waals surface area contributed by atoms with Crippen molar-refractivity contribution in [3.8, 4) is 0 Å². The number of halogens is 3. The summed E-state index contributed by atoms with van der Waals surface area (Å²) in [4.78, 5) is 16.5. The lowest BCUT2D eigenvalue weighted by Crippen LogP contribution is -2.10. The Morgan fingerprint density at radius 1 is 1.14 bits per heavy atom. The zero-order valence-electron chi connectivity index (χ0n) is 15.3. The van der Waals surface area contributed by atoms with Crippen LogP contribution in [0.1, 0.15) is 42.9 Å². The minimum Gasteiger partial charge on any atom is -0.466 e. The summed E-state index contributed by atoms with van der Waals surface area (Å²) in [5.74, 6) is -0.279. The Balaban J connectivity index is 2.09. The monoisotopic (exact) mass is 395 g/mol. The van der Waals surface area contributed by atoms with Crippen molar-refractivity contribution >= 4 is 11.7 Å². The summed E-state index contributed by atoms with van der Waals surface area (Å²) in [7, 11) is 0. The van der Waals surface area contributed by atoms with Gasteiger partial charge in [0, 0.05) is 17.5 Å². The van der Waals surface area contributed by atoms with Crippen molar-refractivity contribution in [1.29, 1.82) is 0 Å². The van der Waals surface area contributed by atoms with Crippen molar-refractivity contribution in [1.82, 2.24) is 10.2 Å². The maximum Gasteiger partial charge on any atom is 0.416 e. The Morgan fingerprint density at radius 3 is 2.64 bits per heavy atom. The number of hydrogen-bond acceptors (Lipinski definition) is 6. The molecule has 0 spiro atoms. The van der Waals surface area contributed by atoms with E-state index in [1.807, 2.05) is 0 Å². The van der Waals surface area contributed by atoms with Crippen LogP contribution < -0.4 is 0 Å². The van der Waals surface area contributed by atoms with Crippen molar-refractivity contribution in [2.24, 2.45) is 5.16 Å². The van der Waals surface area contributed by atoms with Crippen LogP contribution in [0, 0.1) is 0 Å². The largest absolute Gasteiger partial charge is 0.466 e. The van der Waals surface area contributed by atoms with Gasteiger partial charge in [-0.25, -0.2) is 0 Å². The van der Waals surface area contributed by atoms with Crippen LogP contribution in [0.15, 0.2) is 47.9 Å². The lowest BCUT2D eigenvalue weighted by Gasteiger charge is -2.11. The summed E-state index contributed by atoms with van der Waals surface area (Å²) in [6.07, 6.45) is -0.279. The molecule has 1 aromatic carbocycles. The third-order valence-electron chi connectivity index (χ3n) is 3.65. The molecule has 2 aromatic rings. The topological polar surface area (TPSA) is 73.7 Å². The molecule has 0 bridgehead atoms. The Labute approximate surface area is 160 Å². The second-order valence-electron chi connectivity index (χ2n) is 5.74. The lowest BCUT2D eigenvalue weighted by molar-refractivity contribution is -0.143. The number of nitrogens with zero attached hydrogens (tertiary/aromatic N) is 3. The van der Waals surface area contributed by atoms with Crippen molar-refractivity contribution in [2.45, 2.75) is 32.4 Å². The number of ether oxygens (including phenoxy) is 1. The van der Waals surface area contributed by atoms with Crippen LogP contribution >= 0.6 is 0 Å². The molecule has 1 heterocycles. The number of hydrogen-bond donors (Lipinski definition) is 0. The predicted octanol–water partition coefficient (Wildman–Crippen LogP) is 4.00. The first kappa shape index (κ1) is 21.3. The number of alkyl halides is 3. The Kier molecular flexibility index (Phi) is 7.91. The summed E-state index contributed by atoms with van der Waals surface area (Å²) in [6, 6.07) is 6.39. The molecule has 0 aliphatic rings. The number of esters is 1. The van der Waals surface area contributed by atoms with E-state index < -0.39 is 11.7 Å². The van der Waals surface area contributed by atoms with Gasteiger partial charge in [-0.05, 0) is 38.0 Å². The fraction of sp³-hybridized carbons (Fsp3) is 0.368. The molecule has 0 amide bonds. The summed E-state index contributed by atoms with van der Waals surface area (Å²) >= 11 is 0. The van der Waals surface area contributed by atoms with Crippen LogP contribution in [0.3, 0.4) is 0 Å². The smallest absolute Gasteiger partial charge is 0.416 e. The van der Waals surface area contributed by atoms with E-state index in [1.165, 1.54) is 24.5 Å². The lowest BCUT2D eigenvalue weighted by atomic mass is 10.0. The molecular weight excluding hydrogens is 375 g/mol. The van der Waals surface area contributed by atoms with Crippen LogP contribution in [0.25, 0.3) is 0 Å². The first-order chi connectivity index (χ1) is 13.4. The van der Waals surface area contributed by atoms with Gasteiger partial charge in [0.1, 0.15) is 12.3 Å². The van der Waals surface area contributed by atoms with Gasteiger partial charge < -0.3 is 9.57 Å². The molecule has 0 radical (unpaired) electrons. The second kappa shape index (κ2) is 10.4. The molecule has 2 rings (SSSR count). The van der Waals surface area contributed by atoms with Gasteiger partial charge in [0.05, 0.1) is 24.6 Å². The van der Waals surface area contributed by atoms with Crippen molar-refractivity contribution < 1.29 is 27.5 Å². The number of carbonyl (C=O) groups excluding carboxylic acids is 1. The third-order valence-corrected chi connectivity index (χ3v) is 3.65. The van der Waals surface area contributed by atoms with E-state index in [2.05, 4.69) is 15.4 Å². The van der Waals surface area contributed by atoms with Gasteiger partial charge >= 0.3 is 12.1 Å². The van der Waals surface area contributed by atoms with E-state index >= 15 is 0 Å². The van der Waals surface area contributed by atoms with Gasteiger partial charge in [-0.1, -0.05) is 17.3 Å². The quantitative estimate of drug-likeness (QED) is 0.278. The number of carbonyl (C=O) groups is 1. The van der Waals surface area contributed by atoms with E-state index in [4.69, 9.17) is 9.57 Å². The molecule has 0 N–H and O–H groups in total. The van der Waals surface area contributed by atoms with Gasteiger partial charge in [-0.3, -0.25) is 4.79 Å². The molecule has 0 unspecified atom stereocenters. The molecule has 0 saturated carbocycles. The summed E-state index contributed by atoms with van der Waals surface area (Å²) < 4.78 is 43.9. The van der Waals surface area contributed by atoms with Crippen LogP contribution in [0.5, 0.6) is 0 Å². The summed E-state index contributed by atoms with van der Waals surface area (Å²) in [6.45, 7) is 2.28. The Bertz CT molecular complexity index is 796. The number of unbranched alkanes of at least 4 members (excludes halogenated alkanes) is 1. The van der Waals surface area contributed by atoms with Gasteiger partial charge in [0.25, 0.3) is 0 Å². The van der Waals surface area contributed by atoms with E-state index in [0.717, 1.165) is 12.1 Å². The highest BCUT2D eigenvalue weighted by molar-refractivity contribution is 6.12. The molecule has 6 nitrogen and oxygen atoms in total. The van der Waals surface area contributed by atoms with E-state index in [0.29, 0.717) is 25.0 Å². The number of aromatic nitrogens is 2. The summed E-state index contributed by atoms with van der Waals surface area (Å²) in [5.41, 5.74) is 0.149. The van der Waals surface area contributed by atoms with Gasteiger partial charge in [-0.2, -0.15) is 23.4 Å². The number of rotatable bonds is 9. The average Bonchev–Trinajstić information content (AvgIpc) is 2.68. The second-order valence-corrected chi connectivity index (χ2v) is 5.74. The van der Waals surface area contributed by atoms with Gasteiger partial charge in [-0.15, -0.1) is 0 Å². The zero-order chi connectivity index (χ0) is 20.4. The number of oxime groups is 1. The van der Waals surface area contributed by atoms with Crippen molar-refractivity contribution in [3.05, 3.63) is 59.4 Å². The molecule has 1 aromatic heterocycles. The standard InChI is InChI=1S/C19H20F3N3O3/c1-2-27-17(26)8-3-4-11-28-25-18(15-9-10-23-24-13-15)14-6-5-7-16(12-14)19(20,21)22/h5-7,9-10,12-13H,2-4,8,11H2,1H3/b25-18-. The van der Waals surface area contributed by atoms with E-state index in [9.17, 15) is 18.0 Å². The minimum absolute atomic E-state index is 0.209. The average molecular weight is 395 g/mol. The van der Waals surface area contributed by atoms with E-state index in [-0.39, 0.29) is 30.3 Å². The Morgan fingerprint density at radius 2 is 1.96 bits per heavy atom. The zero-order valence-corrected chi connectivity index (χ0v) is 15.3. The maximum absolute atomic E-state index is 13.0. The highest BCUT2D eigenvalue weighted by Crippen LogP contribution is 2.30. The fourth-order valence-corrected chi connectivity index (χ4v) is 2.32. The molecule has 0 aliphatic carbocycles.